The third kappa shape index (κ3) is 3.95. The highest BCUT2D eigenvalue weighted by Gasteiger charge is 2.11. The van der Waals surface area contributed by atoms with Crippen LogP contribution in [0.2, 0.25) is 0 Å². The number of hydrogen-bond donors (Lipinski definition) is 1. The molecule has 27 heavy (non-hydrogen) atoms. The summed E-state index contributed by atoms with van der Waals surface area (Å²) in [5, 5.41) is 3.33. The quantitative estimate of drug-likeness (QED) is 0.729. The van der Waals surface area contributed by atoms with E-state index in [1.165, 1.54) is 6.07 Å². The number of carbonyl (C=O) groups is 1. The molecule has 0 atom stereocenters. The number of urea groups is 1. The number of nitrogens with zero attached hydrogens (tertiary/aromatic N) is 1. The zero-order chi connectivity index (χ0) is 19.4. The zero-order valence-corrected chi connectivity index (χ0v) is 15.6. The maximum absolute atomic E-state index is 12.4. The van der Waals surface area contributed by atoms with Crippen molar-refractivity contribution >= 4 is 22.7 Å². The summed E-state index contributed by atoms with van der Waals surface area (Å²) < 4.78 is 11.0. The molecule has 1 N–H and O–H groups in total. The Balaban J connectivity index is 1.87. The Hall–Kier alpha value is -3.28. The van der Waals surface area contributed by atoms with Gasteiger partial charge in [0.05, 0.1) is 12.5 Å². The Morgan fingerprint density at radius 1 is 1.07 bits per heavy atom. The van der Waals surface area contributed by atoms with Crippen LogP contribution in [0.15, 0.2) is 57.7 Å². The van der Waals surface area contributed by atoms with E-state index in [4.69, 9.17) is 9.15 Å². The van der Waals surface area contributed by atoms with Crippen molar-refractivity contribution in [2.75, 3.05) is 25.5 Å². The fourth-order valence-electron chi connectivity index (χ4n) is 2.84. The third-order valence-electron chi connectivity index (χ3n) is 4.41. The molecular weight excluding hydrogens is 344 g/mol. The molecule has 3 rings (SSSR count). The lowest BCUT2D eigenvalue weighted by atomic mass is 10.1. The summed E-state index contributed by atoms with van der Waals surface area (Å²) >= 11 is 0. The largest absolute Gasteiger partial charge is 0.497 e. The second-order valence-electron chi connectivity index (χ2n) is 6.02. The molecule has 2 aromatic carbocycles. The second kappa shape index (κ2) is 7.95. The molecule has 0 radical (unpaired) electrons. The molecule has 140 valence electrons. The first-order chi connectivity index (χ1) is 13.0. The van der Waals surface area contributed by atoms with Gasteiger partial charge in [-0.1, -0.05) is 0 Å². The third-order valence-corrected chi connectivity index (χ3v) is 4.41. The van der Waals surface area contributed by atoms with Crippen LogP contribution in [0.25, 0.3) is 22.3 Å². The van der Waals surface area contributed by atoms with Crippen molar-refractivity contribution in [3.8, 4) is 17.1 Å². The molecule has 0 aliphatic carbocycles. The lowest BCUT2D eigenvalue weighted by molar-refractivity contribution is 0.217. The average Bonchev–Trinajstić information content (AvgIpc) is 2.69. The van der Waals surface area contributed by atoms with Gasteiger partial charge in [0.2, 0.25) is 0 Å². The predicted molar refractivity (Wildman–Crippen MR) is 106 cm³/mol. The van der Waals surface area contributed by atoms with Gasteiger partial charge in [-0.3, -0.25) is 4.79 Å². The zero-order valence-electron chi connectivity index (χ0n) is 15.6. The second-order valence-corrected chi connectivity index (χ2v) is 6.02. The van der Waals surface area contributed by atoms with Gasteiger partial charge in [0, 0.05) is 30.4 Å². The number of anilines is 1. The van der Waals surface area contributed by atoms with Gasteiger partial charge in [0.25, 0.3) is 0 Å². The topological polar surface area (TPSA) is 71.8 Å². The van der Waals surface area contributed by atoms with Crippen LogP contribution in [0.4, 0.5) is 10.5 Å². The molecule has 1 heterocycles. The van der Waals surface area contributed by atoms with Crippen LogP contribution >= 0.6 is 0 Å². The number of hydrogen-bond acceptors (Lipinski definition) is 4. The summed E-state index contributed by atoms with van der Waals surface area (Å²) in [6.07, 6.45) is 0. The molecule has 0 aliphatic rings. The smallest absolute Gasteiger partial charge is 0.321 e. The molecule has 6 nitrogen and oxygen atoms in total. The summed E-state index contributed by atoms with van der Waals surface area (Å²) in [6.45, 7) is 5.16. The van der Waals surface area contributed by atoms with Crippen molar-refractivity contribution in [3.63, 3.8) is 0 Å². The van der Waals surface area contributed by atoms with E-state index in [0.717, 1.165) is 5.56 Å². The van der Waals surface area contributed by atoms with Gasteiger partial charge in [-0.25, -0.2) is 4.79 Å². The first kappa shape index (κ1) is 18.5. The lowest BCUT2D eigenvalue weighted by Gasteiger charge is -2.19. The average molecular weight is 366 g/mol. The van der Waals surface area contributed by atoms with Crippen molar-refractivity contribution in [1.82, 2.24) is 4.90 Å². The Labute approximate surface area is 157 Å². The van der Waals surface area contributed by atoms with Crippen LogP contribution < -0.4 is 15.5 Å². The Bertz CT molecular complexity index is 1000. The van der Waals surface area contributed by atoms with E-state index in [0.29, 0.717) is 41.3 Å². The Morgan fingerprint density at radius 2 is 1.78 bits per heavy atom. The van der Waals surface area contributed by atoms with Crippen molar-refractivity contribution in [2.24, 2.45) is 0 Å². The number of fused-ring (bicyclic) bond motifs is 1. The fraction of sp³-hybridized carbons (Fsp3) is 0.238. The number of nitrogens with one attached hydrogen (secondary N) is 1. The van der Waals surface area contributed by atoms with Crippen molar-refractivity contribution in [2.45, 2.75) is 13.8 Å². The molecule has 0 bridgehead atoms. The van der Waals surface area contributed by atoms with Crippen LogP contribution in [0.1, 0.15) is 13.8 Å². The van der Waals surface area contributed by atoms with E-state index < -0.39 is 0 Å². The van der Waals surface area contributed by atoms with Gasteiger partial charge in [-0.2, -0.15) is 0 Å². The minimum atomic E-state index is -0.140. The molecule has 0 unspecified atom stereocenters. The number of ether oxygens (including phenoxy) is 1. The van der Waals surface area contributed by atoms with Crippen molar-refractivity contribution < 1.29 is 13.9 Å². The number of carbonyl (C=O) groups excluding carboxylic acids is 1. The highest BCUT2D eigenvalue weighted by molar-refractivity contribution is 5.89. The number of amides is 2. The molecule has 0 saturated carbocycles. The van der Waals surface area contributed by atoms with Gasteiger partial charge in [-0.05, 0) is 56.3 Å². The maximum Gasteiger partial charge on any atom is 0.321 e. The minimum Gasteiger partial charge on any atom is -0.497 e. The maximum atomic E-state index is 12.4. The molecule has 0 spiro atoms. The molecule has 2 amide bonds. The van der Waals surface area contributed by atoms with Crippen molar-refractivity contribution in [1.29, 1.82) is 0 Å². The first-order valence-corrected chi connectivity index (χ1v) is 8.84. The van der Waals surface area contributed by atoms with Gasteiger partial charge in [0.15, 0.2) is 5.43 Å². The molecular formula is C21H22N2O4. The number of benzene rings is 2. The monoisotopic (exact) mass is 366 g/mol. The van der Waals surface area contributed by atoms with Gasteiger partial charge < -0.3 is 19.4 Å². The molecule has 1 aromatic heterocycles. The molecule has 0 saturated heterocycles. The summed E-state index contributed by atoms with van der Waals surface area (Å²) in [4.78, 5) is 26.2. The van der Waals surface area contributed by atoms with Crippen LogP contribution in [-0.2, 0) is 0 Å². The van der Waals surface area contributed by atoms with Crippen LogP contribution in [-0.4, -0.2) is 31.1 Å². The van der Waals surface area contributed by atoms with Crippen LogP contribution in [0.5, 0.6) is 5.75 Å². The highest BCUT2D eigenvalue weighted by atomic mass is 16.5. The lowest BCUT2D eigenvalue weighted by Crippen LogP contribution is -2.34. The van der Waals surface area contributed by atoms with Gasteiger partial charge in [-0.15, -0.1) is 0 Å². The standard InChI is InChI=1S/C21H22N2O4/c1-4-23(5-2)21(25)22-15-8-6-14(7-9-15)20-13-18(24)17-12-16(26-3)10-11-19(17)27-20/h6-13H,4-5H2,1-3H3,(H,22,25). The normalized spacial score (nSPS) is 10.6. The van der Waals surface area contributed by atoms with E-state index in [-0.39, 0.29) is 11.5 Å². The summed E-state index contributed by atoms with van der Waals surface area (Å²) in [7, 11) is 1.55. The summed E-state index contributed by atoms with van der Waals surface area (Å²) in [6, 6.07) is 13.7. The predicted octanol–water partition coefficient (Wildman–Crippen LogP) is 4.34. The van der Waals surface area contributed by atoms with Crippen LogP contribution in [0.3, 0.4) is 0 Å². The first-order valence-electron chi connectivity index (χ1n) is 8.84. The van der Waals surface area contributed by atoms with E-state index in [1.807, 2.05) is 26.0 Å². The molecule has 6 heteroatoms. The highest BCUT2D eigenvalue weighted by Crippen LogP contribution is 2.25. The van der Waals surface area contributed by atoms with E-state index in [9.17, 15) is 9.59 Å². The number of methoxy groups -OCH3 is 1. The van der Waals surface area contributed by atoms with Gasteiger partial charge in [0.1, 0.15) is 17.1 Å². The van der Waals surface area contributed by atoms with Crippen molar-refractivity contribution in [3.05, 3.63) is 58.8 Å². The van der Waals surface area contributed by atoms with Crippen LogP contribution in [0, 0.1) is 0 Å². The molecule has 0 aliphatic heterocycles. The van der Waals surface area contributed by atoms with E-state index in [1.54, 1.807) is 42.3 Å². The minimum absolute atomic E-state index is 0.135. The SMILES string of the molecule is CCN(CC)C(=O)Nc1ccc(-c2cc(=O)c3cc(OC)ccc3o2)cc1. The van der Waals surface area contributed by atoms with E-state index in [2.05, 4.69) is 5.32 Å². The Kier molecular flexibility index (Phi) is 5.45. The summed E-state index contributed by atoms with van der Waals surface area (Å²) in [5.74, 6) is 1.08. The van der Waals surface area contributed by atoms with Gasteiger partial charge >= 0.3 is 6.03 Å². The molecule has 3 aromatic rings. The number of rotatable bonds is 5. The summed E-state index contributed by atoms with van der Waals surface area (Å²) in [5.41, 5.74) is 1.80. The van der Waals surface area contributed by atoms with E-state index >= 15 is 0 Å². The fourth-order valence-corrected chi connectivity index (χ4v) is 2.84. The Morgan fingerprint density at radius 3 is 2.41 bits per heavy atom. The molecule has 0 fully saturated rings.